The van der Waals surface area contributed by atoms with Gasteiger partial charge in [0.25, 0.3) is 5.56 Å². The van der Waals surface area contributed by atoms with Crippen molar-refractivity contribution in [2.75, 3.05) is 19.6 Å². The molecule has 1 aliphatic heterocycles. The van der Waals surface area contributed by atoms with Gasteiger partial charge in [-0.3, -0.25) is 9.69 Å². The van der Waals surface area contributed by atoms with Crippen molar-refractivity contribution in [1.29, 1.82) is 0 Å². The van der Waals surface area contributed by atoms with E-state index in [1.54, 1.807) is 11.3 Å². The highest BCUT2D eigenvalue weighted by Gasteiger charge is 2.22. The zero-order chi connectivity index (χ0) is 18.7. The second kappa shape index (κ2) is 7.59. The first-order valence-corrected chi connectivity index (χ1v) is 9.55. The van der Waals surface area contributed by atoms with E-state index in [0.717, 1.165) is 22.7 Å². The number of carbonyl (C=O) groups excluding carboxylic acids is 1. The summed E-state index contributed by atoms with van der Waals surface area (Å²) in [6.45, 7) is 8.06. The summed E-state index contributed by atoms with van der Waals surface area (Å²) in [6, 6.07) is 3.88. The monoisotopic (exact) mass is 376 g/mol. The lowest BCUT2D eigenvalue weighted by Gasteiger charge is -2.28. The van der Waals surface area contributed by atoms with Crippen LogP contribution < -0.4 is 10.9 Å². The van der Waals surface area contributed by atoms with Gasteiger partial charge in [-0.2, -0.15) is 0 Å². The van der Waals surface area contributed by atoms with Crippen LogP contribution in [0.2, 0.25) is 0 Å². The van der Waals surface area contributed by atoms with Crippen LogP contribution in [-0.4, -0.2) is 46.2 Å². The van der Waals surface area contributed by atoms with Gasteiger partial charge in [-0.15, -0.1) is 11.3 Å². The van der Waals surface area contributed by atoms with Gasteiger partial charge in [0.15, 0.2) is 5.82 Å². The SMILES string of the molecule is CC(C)(C)OC(=O)NCCN1CCc2c(nc(-c3cccs3)[nH]c2=O)C1. The number of ether oxygens (including phenoxy) is 1. The molecule has 2 aromatic rings. The fraction of sp³-hybridized carbons (Fsp3) is 0.500. The lowest BCUT2D eigenvalue weighted by Crippen LogP contribution is -2.41. The Hall–Kier alpha value is -2.19. The third-order valence-corrected chi connectivity index (χ3v) is 4.88. The smallest absolute Gasteiger partial charge is 0.407 e. The maximum atomic E-state index is 12.3. The van der Waals surface area contributed by atoms with E-state index in [9.17, 15) is 9.59 Å². The minimum Gasteiger partial charge on any atom is -0.444 e. The summed E-state index contributed by atoms with van der Waals surface area (Å²) in [5, 5.41) is 4.73. The number of hydrogen-bond acceptors (Lipinski definition) is 6. The van der Waals surface area contributed by atoms with Crippen LogP contribution >= 0.6 is 11.3 Å². The molecule has 1 aliphatic rings. The minimum absolute atomic E-state index is 0.0510. The van der Waals surface area contributed by atoms with Crippen molar-refractivity contribution in [3.63, 3.8) is 0 Å². The predicted octanol–water partition coefficient (Wildman–Crippen LogP) is 2.38. The molecule has 0 unspecified atom stereocenters. The van der Waals surface area contributed by atoms with E-state index in [4.69, 9.17) is 4.74 Å². The number of alkyl carbamates (subject to hydrolysis) is 1. The summed E-state index contributed by atoms with van der Waals surface area (Å²) in [7, 11) is 0. The van der Waals surface area contributed by atoms with Gasteiger partial charge in [0.2, 0.25) is 0 Å². The minimum atomic E-state index is -0.503. The molecule has 0 bridgehead atoms. The van der Waals surface area contributed by atoms with E-state index in [-0.39, 0.29) is 5.56 Å². The van der Waals surface area contributed by atoms with Gasteiger partial charge in [0.1, 0.15) is 5.60 Å². The van der Waals surface area contributed by atoms with Crippen molar-refractivity contribution in [2.45, 2.75) is 39.3 Å². The van der Waals surface area contributed by atoms with Crippen LogP contribution in [0.25, 0.3) is 10.7 Å². The number of amides is 1. The van der Waals surface area contributed by atoms with Gasteiger partial charge >= 0.3 is 6.09 Å². The maximum Gasteiger partial charge on any atom is 0.407 e. The number of nitrogens with zero attached hydrogens (tertiary/aromatic N) is 2. The molecular weight excluding hydrogens is 352 g/mol. The number of hydrogen-bond donors (Lipinski definition) is 2. The van der Waals surface area contributed by atoms with Crippen molar-refractivity contribution in [3.8, 4) is 10.7 Å². The van der Waals surface area contributed by atoms with Crippen LogP contribution in [0.4, 0.5) is 4.79 Å². The van der Waals surface area contributed by atoms with Crippen molar-refractivity contribution < 1.29 is 9.53 Å². The number of fused-ring (bicyclic) bond motifs is 1. The van der Waals surface area contributed by atoms with Gasteiger partial charge in [-0.25, -0.2) is 9.78 Å². The molecule has 3 heterocycles. The average molecular weight is 376 g/mol. The maximum absolute atomic E-state index is 12.3. The Balaban J connectivity index is 1.60. The molecule has 1 amide bonds. The molecule has 8 heteroatoms. The molecule has 26 heavy (non-hydrogen) atoms. The van der Waals surface area contributed by atoms with Crippen LogP contribution in [0.3, 0.4) is 0 Å². The number of rotatable bonds is 4. The normalized spacial score (nSPS) is 14.7. The molecule has 3 rings (SSSR count). The molecule has 0 atom stereocenters. The van der Waals surface area contributed by atoms with Gasteiger partial charge in [-0.1, -0.05) is 6.07 Å². The number of aromatic amines is 1. The molecule has 0 aliphatic carbocycles. The largest absolute Gasteiger partial charge is 0.444 e. The number of aromatic nitrogens is 2. The lowest BCUT2D eigenvalue weighted by molar-refractivity contribution is 0.0521. The van der Waals surface area contributed by atoms with Gasteiger partial charge in [-0.05, 0) is 38.6 Å². The molecule has 0 saturated carbocycles. The second-order valence-electron chi connectivity index (χ2n) is 7.27. The summed E-state index contributed by atoms with van der Waals surface area (Å²) >= 11 is 1.55. The van der Waals surface area contributed by atoms with Crippen molar-refractivity contribution >= 4 is 17.4 Å². The number of carbonyl (C=O) groups is 1. The van der Waals surface area contributed by atoms with Gasteiger partial charge < -0.3 is 15.0 Å². The Morgan fingerprint density at radius 1 is 1.46 bits per heavy atom. The summed E-state index contributed by atoms with van der Waals surface area (Å²) in [5.41, 5.74) is 1.03. The molecule has 0 radical (unpaired) electrons. The van der Waals surface area contributed by atoms with Gasteiger partial charge in [0.05, 0.1) is 10.6 Å². The number of H-pyrrole nitrogens is 1. The number of nitrogens with one attached hydrogen (secondary N) is 2. The molecule has 2 aromatic heterocycles. The molecule has 0 saturated heterocycles. The molecule has 0 spiro atoms. The Bertz CT molecular complexity index is 824. The zero-order valence-corrected chi connectivity index (χ0v) is 16.1. The summed E-state index contributed by atoms with van der Waals surface area (Å²) in [4.78, 5) is 34.7. The van der Waals surface area contributed by atoms with E-state index < -0.39 is 11.7 Å². The van der Waals surface area contributed by atoms with Gasteiger partial charge in [0, 0.05) is 31.7 Å². The number of thiophene rings is 1. The van der Waals surface area contributed by atoms with Crippen LogP contribution in [0.15, 0.2) is 22.3 Å². The van der Waals surface area contributed by atoms with Crippen LogP contribution in [0.1, 0.15) is 32.0 Å². The third-order valence-electron chi connectivity index (χ3n) is 4.00. The quantitative estimate of drug-likeness (QED) is 0.855. The summed E-state index contributed by atoms with van der Waals surface area (Å²) < 4.78 is 5.23. The first-order valence-electron chi connectivity index (χ1n) is 8.67. The summed E-state index contributed by atoms with van der Waals surface area (Å²) in [5.74, 6) is 0.623. The van der Waals surface area contributed by atoms with E-state index in [0.29, 0.717) is 31.9 Å². The zero-order valence-electron chi connectivity index (χ0n) is 15.3. The standard InChI is InChI=1S/C18H24N4O3S/c1-18(2,3)25-17(24)19-7-9-22-8-6-12-13(11-22)20-15(21-16(12)23)14-5-4-10-26-14/h4-5,10H,6-9,11H2,1-3H3,(H,19,24)(H,20,21,23). The van der Waals surface area contributed by atoms with Crippen LogP contribution in [0.5, 0.6) is 0 Å². The Morgan fingerprint density at radius 2 is 2.27 bits per heavy atom. The fourth-order valence-electron chi connectivity index (χ4n) is 2.84. The average Bonchev–Trinajstić information content (AvgIpc) is 3.07. The first kappa shape index (κ1) is 18.6. The molecule has 0 fully saturated rings. The third kappa shape index (κ3) is 4.70. The van der Waals surface area contributed by atoms with E-state index >= 15 is 0 Å². The van der Waals surface area contributed by atoms with Crippen molar-refractivity contribution in [3.05, 3.63) is 39.1 Å². The molecule has 2 N–H and O–H groups in total. The first-order chi connectivity index (χ1) is 12.3. The highest BCUT2D eigenvalue weighted by atomic mass is 32.1. The predicted molar refractivity (Wildman–Crippen MR) is 101 cm³/mol. The van der Waals surface area contributed by atoms with E-state index in [2.05, 4.69) is 20.2 Å². The Kier molecular flexibility index (Phi) is 5.43. The second-order valence-corrected chi connectivity index (χ2v) is 8.22. The Labute approximate surface area is 156 Å². The van der Waals surface area contributed by atoms with Crippen molar-refractivity contribution in [2.24, 2.45) is 0 Å². The molecular formula is C18H24N4O3S. The van der Waals surface area contributed by atoms with Crippen molar-refractivity contribution in [1.82, 2.24) is 20.2 Å². The van der Waals surface area contributed by atoms with Crippen LogP contribution in [-0.2, 0) is 17.7 Å². The highest BCUT2D eigenvalue weighted by Crippen LogP contribution is 2.22. The molecule has 140 valence electrons. The molecule has 7 nitrogen and oxygen atoms in total. The van der Waals surface area contributed by atoms with E-state index in [1.807, 2.05) is 38.3 Å². The fourth-order valence-corrected chi connectivity index (χ4v) is 3.51. The topological polar surface area (TPSA) is 87.3 Å². The summed E-state index contributed by atoms with van der Waals surface area (Å²) in [6.07, 6.45) is 0.249. The lowest BCUT2D eigenvalue weighted by atomic mass is 10.1. The van der Waals surface area contributed by atoms with Crippen LogP contribution in [0, 0.1) is 0 Å². The highest BCUT2D eigenvalue weighted by molar-refractivity contribution is 7.13. The van der Waals surface area contributed by atoms with E-state index in [1.165, 1.54) is 0 Å². The molecule has 0 aromatic carbocycles. The Morgan fingerprint density at radius 3 is 2.96 bits per heavy atom.